The third-order valence-electron chi connectivity index (χ3n) is 4.41. The van der Waals surface area contributed by atoms with Gasteiger partial charge >= 0.3 is 0 Å². The fraction of sp³-hybridized carbons (Fsp3) is 0.500. The average molecular weight is 333 g/mol. The van der Waals surface area contributed by atoms with E-state index in [0.29, 0.717) is 18.0 Å². The van der Waals surface area contributed by atoms with Crippen molar-refractivity contribution in [2.24, 2.45) is 0 Å². The predicted octanol–water partition coefficient (Wildman–Crippen LogP) is 2.31. The van der Waals surface area contributed by atoms with Gasteiger partial charge in [-0.25, -0.2) is 9.37 Å². The maximum absolute atomic E-state index is 13.5. The molecule has 2 heterocycles. The number of H-pyrrole nitrogens is 1. The molecule has 1 saturated heterocycles. The normalized spacial score (nSPS) is 20.2. The molecule has 2 N–H and O–H groups in total. The Morgan fingerprint density at radius 3 is 3.08 bits per heavy atom. The molecule has 6 heteroatoms. The molecule has 3 rings (SSSR count). The Balaban J connectivity index is 1.41. The van der Waals surface area contributed by atoms with Crippen molar-refractivity contribution in [3.8, 4) is 0 Å². The number of aliphatic hydroxyl groups excluding tert-OH is 1. The molecule has 1 aliphatic rings. The summed E-state index contributed by atoms with van der Waals surface area (Å²) in [6.07, 6.45) is 5.25. The lowest BCUT2D eigenvalue weighted by molar-refractivity contribution is 0.00482. The lowest BCUT2D eigenvalue weighted by Crippen LogP contribution is -2.41. The van der Waals surface area contributed by atoms with E-state index in [1.54, 1.807) is 24.4 Å². The molecule has 1 fully saturated rings. The standard InChI is InChI=1S/C18H24FN3O2/c19-17-6-2-1-4-15(17)12-24-13-16(23)11-22-9-3-5-14(10-22)18-20-7-8-21-18/h1-2,4,6-8,14,16,23H,3,5,9-13H2,(H,20,21). The summed E-state index contributed by atoms with van der Waals surface area (Å²) in [7, 11) is 0. The van der Waals surface area contributed by atoms with Crippen LogP contribution >= 0.6 is 0 Å². The summed E-state index contributed by atoms with van der Waals surface area (Å²) < 4.78 is 19.0. The zero-order valence-corrected chi connectivity index (χ0v) is 13.7. The molecule has 0 amide bonds. The van der Waals surface area contributed by atoms with Gasteiger partial charge in [-0.1, -0.05) is 18.2 Å². The van der Waals surface area contributed by atoms with Crippen LogP contribution in [0, 0.1) is 5.82 Å². The number of β-amino-alcohol motifs (C(OH)–C–C–N with tert-alkyl or cyclic N) is 1. The van der Waals surface area contributed by atoms with Gasteiger partial charge in [0.25, 0.3) is 0 Å². The van der Waals surface area contributed by atoms with E-state index < -0.39 is 6.10 Å². The van der Waals surface area contributed by atoms with E-state index in [2.05, 4.69) is 14.9 Å². The van der Waals surface area contributed by atoms with Crippen molar-refractivity contribution in [2.45, 2.75) is 31.5 Å². The monoisotopic (exact) mass is 333 g/mol. The summed E-state index contributed by atoms with van der Waals surface area (Å²) in [6, 6.07) is 6.54. The number of aromatic nitrogens is 2. The van der Waals surface area contributed by atoms with E-state index in [9.17, 15) is 9.50 Å². The highest BCUT2D eigenvalue weighted by Crippen LogP contribution is 2.24. The van der Waals surface area contributed by atoms with Crippen LogP contribution in [-0.2, 0) is 11.3 Å². The molecule has 2 aromatic rings. The first-order valence-corrected chi connectivity index (χ1v) is 8.43. The summed E-state index contributed by atoms with van der Waals surface area (Å²) >= 11 is 0. The van der Waals surface area contributed by atoms with Crippen LogP contribution in [0.4, 0.5) is 4.39 Å². The van der Waals surface area contributed by atoms with E-state index in [1.165, 1.54) is 6.07 Å². The Labute approximate surface area is 141 Å². The van der Waals surface area contributed by atoms with Gasteiger partial charge in [0, 0.05) is 37.0 Å². The van der Waals surface area contributed by atoms with Crippen LogP contribution in [-0.4, -0.2) is 52.3 Å². The van der Waals surface area contributed by atoms with Crippen molar-refractivity contribution in [1.82, 2.24) is 14.9 Å². The van der Waals surface area contributed by atoms with Gasteiger partial charge in [-0.3, -0.25) is 4.90 Å². The molecule has 2 atom stereocenters. The van der Waals surface area contributed by atoms with Crippen LogP contribution in [0.3, 0.4) is 0 Å². The Kier molecular flexibility index (Phi) is 5.96. The number of nitrogens with zero attached hydrogens (tertiary/aromatic N) is 2. The second kappa shape index (κ2) is 8.37. The molecule has 0 aliphatic carbocycles. The zero-order chi connectivity index (χ0) is 16.8. The fourth-order valence-corrected chi connectivity index (χ4v) is 3.22. The average Bonchev–Trinajstić information content (AvgIpc) is 3.11. The third kappa shape index (κ3) is 4.63. The number of benzene rings is 1. The second-order valence-corrected chi connectivity index (χ2v) is 6.33. The highest BCUT2D eigenvalue weighted by atomic mass is 19.1. The van der Waals surface area contributed by atoms with Crippen molar-refractivity contribution in [2.75, 3.05) is 26.2 Å². The number of rotatable bonds is 7. The highest BCUT2D eigenvalue weighted by Gasteiger charge is 2.24. The van der Waals surface area contributed by atoms with Crippen molar-refractivity contribution in [3.05, 3.63) is 53.9 Å². The molecule has 1 aromatic heterocycles. The van der Waals surface area contributed by atoms with Gasteiger partial charge in [0.2, 0.25) is 0 Å². The number of likely N-dealkylation sites (tertiary alicyclic amines) is 1. The van der Waals surface area contributed by atoms with E-state index in [-0.39, 0.29) is 19.0 Å². The first kappa shape index (κ1) is 17.1. The van der Waals surface area contributed by atoms with Crippen molar-refractivity contribution in [1.29, 1.82) is 0 Å². The lowest BCUT2D eigenvalue weighted by atomic mass is 9.97. The van der Waals surface area contributed by atoms with Gasteiger partial charge in [0.05, 0.1) is 19.3 Å². The molecule has 130 valence electrons. The van der Waals surface area contributed by atoms with Gasteiger partial charge in [-0.15, -0.1) is 0 Å². The number of aromatic amines is 1. The number of ether oxygens (including phenoxy) is 1. The third-order valence-corrected chi connectivity index (χ3v) is 4.41. The largest absolute Gasteiger partial charge is 0.389 e. The molecule has 0 spiro atoms. The Hall–Kier alpha value is -1.76. The Morgan fingerprint density at radius 1 is 1.42 bits per heavy atom. The number of nitrogens with one attached hydrogen (secondary N) is 1. The van der Waals surface area contributed by atoms with Crippen LogP contribution in [0.5, 0.6) is 0 Å². The van der Waals surface area contributed by atoms with E-state index >= 15 is 0 Å². The minimum atomic E-state index is -0.577. The minimum absolute atomic E-state index is 0.179. The van der Waals surface area contributed by atoms with Gasteiger partial charge in [-0.2, -0.15) is 0 Å². The summed E-state index contributed by atoms with van der Waals surface area (Å²) in [4.78, 5) is 9.76. The number of halogens is 1. The molecule has 2 unspecified atom stereocenters. The zero-order valence-electron chi connectivity index (χ0n) is 13.7. The van der Waals surface area contributed by atoms with Gasteiger partial charge in [-0.05, 0) is 25.5 Å². The SMILES string of the molecule is OC(COCc1ccccc1F)CN1CCCC(c2ncc[nH]2)C1. The lowest BCUT2D eigenvalue weighted by Gasteiger charge is -2.33. The number of hydrogen-bond acceptors (Lipinski definition) is 4. The first-order chi connectivity index (χ1) is 11.7. The topological polar surface area (TPSA) is 61.4 Å². The van der Waals surface area contributed by atoms with E-state index in [1.807, 2.05) is 6.20 Å². The molecule has 0 radical (unpaired) electrons. The molecule has 1 aromatic carbocycles. The molecule has 0 bridgehead atoms. The van der Waals surface area contributed by atoms with Crippen molar-refractivity contribution >= 4 is 0 Å². The molecule has 24 heavy (non-hydrogen) atoms. The maximum Gasteiger partial charge on any atom is 0.128 e. The predicted molar refractivity (Wildman–Crippen MR) is 89.1 cm³/mol. The maximum atomic E-state index is 13.5. The van der Waals surface area contributed by atoms with Crippen molar-refractivity contribution < 1.29 is 14.2 Å². The van der Waals surface area contributed by atoms with Gasteiger partial charge in [0.1, 0.15) is 11.6 Å². The number of piperidine rings is 1. The quantitative estimate of drug-likeness (QED) is 0.816. The molecule has 5 nitrogen and oxygen atoms in total. The Morgan fingerprint density at radius 2 is 2.29 bits per heavy atom. The van der Waals surface area contributed by atoms with E-state index in [0.717, 1.165) is 31.8 Å². The molecular weight excluding hydrogens is 309 g/mol. The van der Waals surface area contributed by atoms with Crippen LogP contribution in [0.1, 0.15) is 30.1 Å². The van der Waals surface area contributed by atoms with Crippen LogP contribution in [0.15, 0.2) is 36.7 Å². The number of imidazole rings is 1. The Bertz CT molecular complexity index is 620. The van der Waals surface area contributed by atoms with Crippen LogP contribution in [0.2, 0.25) is 0 Å². The number of hydrogen-bond donors (Lipinski definition) is 2. The van der Waals surface area contributed by atoms with Gasteiger partial charge in [0.15, 0.2) is 0 Å². The van der Waals surface area contributed by atoms with E-state index in [4.69, 9.17) is 4.74 Å². The number of aliphatic hydroxyl groups is 1. The second-order valence-electron chi connectivity index (χ2n) is 6.33. The van der Waals surface area contributed by atoms with Crippen molar-refractivity contribution in [3.63, 3.8) is 0 Å². The smallest absolute Gasteiger partial charge is 0.128 e. The first-order valence-electron chi connectivity index (χ1n) is 8.43. The van der Waals surface area contributed by atoms with Crippen LogP contribution < -0.4 is 0 Å². The molecule has 1 aliphatic heterocycles. The summed E-state index contributed by atoms with van der Waals surface area (Å²) in [5.74, 6) is 1.13. The minimum Gasteiger partial charge on any atom is -0.389 e. The molecular formula is C18H24FN3O2. The van der Waals surface area contributed by atoms with Crippen LogP contribution in [0.25, 0.3) is 0 Å². The summed E-state index contributed by atoms with van der Waals surface area (Å²) in [6.45, 7) is 2.81. The summed E-state index contributed by atoms with van der Waals surface area (Å²) in [5, 5.41) is 10.2. The summed E-state index contributed by atoms with van der Waals surface area (Å²) in [5.41, 5.74) is 0.514. The molecule has 0 saturated carbocycles. The fourth-order valence-electron chi connectivity index (χ4n) is 3.22. The highest BCUT2D eigenvalue weighted by molar-refractivity contribution is 5.16. The van der Waals surface area contributed by atoms with Gasteiger partial charge < -0.3 is 14.8 Å².